The molecule has 4 heterocycles. The fraction of sp³-hybridized carbons (Fsp3) is 0.286. The molecule has 0 saturated carbocycles. The lowest BCUT2D eigenvalue weighted by Crippen LogP contribution is -2.35. The second-order valence-electron chi connectivity index (χ2n) is 10.1. The van der Waals surface area contributed by atoms with Gasteiger partial charge >= 0.3 is 6.36 Å². The summed E-state index contributed by atoms with van der Waals surface area (Å²) in [6.45, 7) is 4.03. The zero-order chi connectivity index (χ0) is 26.7. The summed E-state index contributed by atoms with van der Waals surface area (Å²) in [6.07, 6.45) is -4.07. The number of aromatic amines is 1. The third kappa shape index (κ3) is 4.57. The Bertz CT molecular complexity index is 1650. The van der Waals surface area contributed by atoms with Gasteiger partial charge in [-0.15, -0.1) is 13.2 Å². The molecular formula is C28H24F3N5O3. The van der Waals surface area contributed by atoms with E-state index in [1.807, 2.05) is 18.2 Å². The summed E-state index contributed by atoms with van der Waals surface area (Å²) in [4.78, 5) is 23.5. The van der Waals surface area contributed by atoms with Gasteiger partial charge in [-0.3, -0.25) is 9.69 Å². The number of ether oxygens (including phenoxy) is 2. The van der Waals surface area contributed by atoms with Crippen LogP contribution in [-0.2, 0) is 6.54 Å². The Balaban J connectivity index is 1.40. The van der Waals surface area contributed by atoms with Crippen LogP contribution in [-0.4, -0.2) is 58.5 Å². The molecule has 2 unspecified atom stereocenters. The number of benzene rings is 3. The van der Waals surface area contributed by atoms with Crippen molar-refractivity contribution in [3.05, 3.63) is 70.5 Å². The zero-order valence-electron chi connectivity index (χ0n) is 20.7. The van der Waals surface area contributed by atoms with E-state index in [4.69, 9.17) is 9.72 Å². The summed E-state index contributed by atoms with van der Waals surface area (Å²) in [7, 11) is 0. The van der Waals surface area contributed by atoms with Gasteiger partial charge in [-0.2, -0.15) is 0 Å². The standard InChI is InChI=1S/C28H24F3N5O3/c29-28(30,31)39-19-5-1-3-16(11-19)18-12-22-26-23(13-18)38-20-7-8-35(15-20)9-10-36-14-17-4-2-6-21(24(17)34-36)25(33-26)27(37)32-22/h1-6,11-13,20,34H,7-10,14-15H2,(H,32,37)/t20-/m0/s1. The molecule has 0 spiro atoms. The van der Waals surface area contributed by atoms with Crippen molar-refractivity contribution in [2.75, 3.05) is 31.6 Å². The van der Waals surface area contributed by atoms with Gasteiger partial charge in [-0.25, -0.2) is 9.99 Å². The first-order chi connectivity index (χ1) is 18.8. The molecular weight excluding hydrogens is 511 g/mol. The van der Waals surface area contributed by atoms with Crippen LogP contribution in [0, 0.1) is 0 Å². The first-order valence-corrected chi connectivity index (χ1v) is 12.8. The van der Waals surface area contributed by atoms with Crippen LogP contribution in [0.5, 0.6) is 11.5 Å². The van der Waals surface area contributed by atoms with Crippen LogP contribution in [0.25, 0.3) is 33.4 Å². The van der Waals surface area contributed by atoms with Crippen LogP contribution < -0.4 is 20.5 Å². The average molecular weight is 536 g/mol. The van der Waals surface area contributed by atoms with Crippen LogP contribution in [0.1, 0.15) is 12.0 Å². The summed E-state index contributed by atoms with van der Waals surface area (Å²) >= 11 is 0. The van der Waals surface area contributed by atoms with Crippen LogP contribution >= 0.6 is 0 Å². The molecule has 4 aromatic rings. The fourth-order valence-electron chi connectivity index (χ4n) is 5.61. The highest BCUT2D eigenvalue weighted by Crippen LogP contribution is 2.38. The number of para-hydroxylation sites is 1. The maximum absolute atomic E-state index is 13.4. The lowest BCUT2D eigenvalue weighted by molar-refractivity contribution is -0.274. The molecule has 3 aromatic carbocycles. The number of hydrogen-bond acceptors (Lipinski definition) is 7. The number of anilines is 1. The summed E-state index contributed by atoms with van der Waals surface area (Å²) in [5.74, 6) is 0.137. The van der Waals surface area contributed by atoms with Crippen molar-refractivity contribution in [3.8, 4) is 33.9 Å². The molecule has 39 heavy (non-hydrogen) atoms. The summed E-state index contributed by atoms with van der Waals surface area (Å²) in [5, 5.41) is 2.15. The first-order valence-electron chi connectivity index (χ1n) is 12.8. The molecule has 1 fully saturated rings. The smallest absolute Gasteiger partial charge is 0.487 e. The first kappa shape index (κ1) is 24.0. The minimum atomic E-state index is -4.80. The molecule has 8 nitrogen and oxygen atoms in total. The Labute approximate surface area is 220 Å². The number of nitrogens with one attached hydrogen (secondary N) is 2. The highest BCUT2D eigenvalue weighted by atomic mass is 19.4. The van der Waals surface area contributed by atoms with Crippen LogP contribution in [0.2, 0.25) is 0 Å². The van der Waals surface area contributed by atoms with Crippen LogP contribution in [0.3, 0.4) is 0 Å². The van der Waals surface area contributed by atoms with E-state index in [0.717, 1.165) is 50.4 Å². The SMILES string of the molecule is O=c1[nH]c2cc(-c3cccc(OC(F)(F)F)c3)cc3c2nc1-c1cccc2c1NN(CCN1CC[C@@H](C1)O3)C2. The van der Waals surface area contributed by atoms with Crippen LogP contribution in [0.15, 0.2) is 59.4 Å². The normalized spacial score (nSPS) is 21.9. The molecule has 7 rings (SSSR count). The number of rotatable bonds is 2. The third-order valence-electron chi connectivity index (χ3n) is 7.41. The van der Waals surface area contributed by atoms with Gasteiger partial charge in [-0.1, -0.05) is 30.3 Å². The Hall–Kier alpha value is -4.09. The van der Waals surface area contributed by atoms with Crippen molar-refractivity contribution in [3.63, 3.8) is 0 Å². The molecule has 0 radical (unpaired) electrons. The molecule has 200 valence electrons. The molecule has 0 amide bonds. The number of fused-ring (bicyclic) bond motifs is 5. The minimum Gasteiger partial charge on any atom is -0.487 e. The number of hydrogen-bond donors (Lipinski definition) is 2. The molecule has 2 N–H and O–H groups in total. The summed E-state index contributed by atoms with van der Waals surface area (Å²) < 4.78 is 49.1. The van der Waals surface area contributed by atoms with Gasteiger partial charge in [0.1, 0.15) is 28.8 Å². The predicted octanol–water partition coefficient (Wildman–Crippen LogP) is 4.76. The van der Waals surface area contributed by atoms with E-state index < -0.39 is 6.36 Å². The number of aromatic nitrogens is 2. The maximum Gasteiger partial charge on any atom is 0.573 e. The highest BCUT2D eigenvalue weighted by Gasteiger charge is 2.32. The molecule has 1 saturated heterocycles. The Morgan fingerprint density at radius 1 is 1.03 bits per heavy atom. The molecule has 0 aliphatic carbocycles. The Kier molecular flexibility index (Phi) is 5.53. The minimum absolute atomic E-state index is 0.0911. The third-order valence-corrected chi connectivity index (χ3v) is 7.41. The lowest BCUT2D eigenvalue weighted by Gasteiger charge is -2.22. The van der Waals surface area contributed by atoms with Crippen molar-refractivity contribution in [1.29, 1.82) is 0 Å². The van der Waals surface area contributed by atoms with Gasteiger partial charge in [0.2, 0.25) is 0 Å². The fourth-order valence-corrected chi connectivity index (χ4v) is 5.61. The molecule has 11 heteroatoms. The predicted molar refractivity (Wildman–Crippen MR) is 139 cm³/mol. The van der Waals surface area contributed by atoms with Crippen molar-refractivity contribution < 1.29 is 22.6 Å². The second-order valence-corrected chi connectivity index (χ2v) is 10.1. The number of nitrogens with zero attached hydrogens (tertiary/aromatic N) is 3. The molecule has 6 bridgehead atoms. The van der Waals surface area contributed by atoms with E-state index >= 15 is 0 Å². The number of H-pyrrole nitrogens is 1. The zero-order valence-corrected chi connectivity index (χ0v) is 20.7. The number of hydrazine groups is 1. The highest BCUT2D eigenvalue weighted by molar-refractivity contribution is 5.90. The molecule has 3 aliphatic rings. The summed E-state index contributed by atoms with van der Waals surface area (Å²) in [6, 6.07) is 15.0. The van der Waals surface area contributed by atoms with Crippen molar-refractivity contribution in [2.24, 2.45) is 0 Å². The Morgan fingerprint density at radius 3 is 2.77 bits per heavy atom. The molecule has 1 aromatic heterocycles. The molecule has 3 aliphatic heterocycles. The topological polar surface area (TPSA) is 82.7 Å². The maximum atomic E-state index is 13.4. The number of halogens is 3. The van der Waals surface area contributed by atoms with Gasteiger partial charge in [0, 0.05) is 38.3 Å². The van der Waals surface area contributed by atoms with Gasteiger partial charge in [0.05, 0.1) is 11.2 Å². The van der Waals surface area contributed by atoms with E-state index in [9.17, 15) is 18.0 Å². The lowest BCUT2D eigenvalue weighted by atomic mass is 10.0. The number of alkyl halides is 3. The van der Waals surface area contributed by atoms with Gasteiger partial charge < -0.3 is 19.9 Å². The van der Waals surface area contributed by atoms with E-state index in [2.05, 4.69) is 25.1 Å². The van der Waals surface area contributed by atoms with Crippen LogP contribution in [0.4, 0.5) is 18.9 Å². The quantitative estimate of drug-likeness (QED) is 0.383. The Morgan fingerprint density at radius 2 is 1.90 bits per heavy atom. The van der Waals surface area contributed by atoms with E-state index in [-0.39, 0.29) is 23.1 Å². The van der Waals surface area contributed by atoms with Gasteiger partial charge in [0.15, 0.2) is 0 Å². The van der Waals surface area contributed by atoms with Gasteiger partial charge in [0.25, 0.3) is 5.56 Å². The van der Waals surface area contributed by atoms with E-state index in [1.165, 1.54) is 18.2 Å². The average Bonchev–Trinajstić information content (AvgIpc) is 3.52. The summed E-state index contributed by atoms with van der Waals surface area (Å²) in [5.41, 5.74) is 8.01. The van der Waals surface area contributed by atoms with Gasteiger partial charge in [-0.05, 0) is 47.4 Å². The second kappa shape index (κ2) is 8.99. The van der Waals surface area contributed by atoms with Crippen molar-refractivity contribution >= 4 is 16.7 Å². The largest absolute Gasteiger partial charge is 0.573 e. The van der Waals surface area contributed by atoms with Crippen molar-refractivity contribution in [2.45, 2.75) is 25.4 Å². The van der Waals surface area contributed by atoms with E-state index in [0.29, 0.717) is 33.5 Å². The van der Waals surface area contributed by atoms with Crippen molar-refractivity contribution in [1.82, 2.24) is 19.9 Å². The molecule has 3 atom stereocenters. The monoisotopic (exact) mass is 535 g/mol. The van der Waals surface area contributed by atoms with E-state index in [1.54, 1.807) is 18.2 Å².